The van der Waals surface area contributed by atoms with E-state index in [4.69, 9.17) is 57.2 Å². The third-order valence-corrected chi connectivity index (χ3v) is 56.5. The Kier molecular flexibility index (Phi) is 17.8. The zero-order valence-corrected chi connectivity index (χ0v) is 53.1. The third-order valence-electron chi connectivity index (χ3n) is 19.6. The summed E-state index contributed by atoms with van der Waals surface area (Å²) in [5.41, 5.74) is 1.13. The van der Waals surface area contributed by atoms with Crippen LogP contribution in [0.25, 0.3) is 0 Å². The molecular formula is C51H91ClO12Si8. The van der Waals surface area contributed by atoms with Gasteiger partial charge in [0.05, 0.1) is 0 Å². The van der Waals surface area contributed by atoms with E-state index < -0.39 is 70.7 Å². The predicted octanol–water partition coefficient (Wildman–Crippen LogP) is 13.7. The molecule has 10 aliphatic rings. The second-order valence-electron chi connectivity index (χ2n) is 24.5. The Morgan fingerprint density at radius 2 is 0.806 bits per heavy atom. The van der Waals surface area contributed by atoms with Gasteiger partial charge in [0.15, 0.2) is 0 Å². The first-order valence-corrected chi connectivity index (χ1v) is 45.3. The lowest BCUT2D eigenvalue weighted by Gasteiger charge is -2.63. The van der Waals surface area contributed by atoms with Crippen LogP contribution >= 0.6 is 11.6 Å². The molecule has 1 aromatic carbocycles. The van der Waals surface area contributed by atoms with Crippen molar-refractivity contribution in [3.05, 3.63) is 29.8 Å². The topological polar surface area (TPSA) is 122 Å². The molecule has 1 N–H and O–H groups in total. The maximum atomic E-state index is 13.1. The molecular weight excluding hydrogens is 1060 g/mol. The van der Waals surface area contributed by atoms with E-state index >= 15 is 0 Å². The van der Waals surface area contributed by atoms with Crippen LogP contribution in [-0.2, 0) is 51.5 Å². The van der Waals surface area contributed by atoms with Gasteiger partial charge in [-0.15, -0.1) is 11.6 Å². The Balaban J connectivity index is 1.23. The van der Waals surface area contributed by atoms with Crippen molar-refractivity contribution in [1.29, 1.82) is 0 Å². The van der Waals surface area contributed by atoms with Gasteiger partial charge in [-0.3, -0.25) is 0 Å². The van der Waals surface area contributed by atoms with Crippen molar-refractivity contribution in [3.8, 4) is 0 Å². The minimum absolute atomic E-state index is 0.00966. The number of halogens is 1. The molecule has 21 heteroatoms. The monoisotopic (exact) mass is 1150 g/mol. The number of alkyl halides is 1. The van der Waals surface area contributed by atoms with Gasteiger partial charge in [-0.1, -0.05) is 159 Å². The summed E-state index contributed by atoms with van der Waals surface area (Å²) in [5.74, 6) is 0.377. The van der Waals surface area contributed by atoms with Crippen molar-refractivity contribution >= 4 is 87.5 Å². The van der Waals surface area contributed by atoms with Crippen LogP contribution in [0.15, 0.2) is 24.3 Å². The standard InChI is InChI=1S/C51H91ClO12Si8/c1-54-67(46-28-14-5-15-29-46)58-69(48-32-18-7-19-33-48)56-66(2,45-26-12-4-13-27-45)57-70(49-34-20-8-21-35-49)60-68(47-30-16-6-17-31-47,55-65(53)44-24-10-3-11-25-44)61-72(59-67,51-40-38-43(42-52)39-41-51)64-71(62-69,63-70)50-36-22-9-23-37-50/h38-41,44-50,53,65H,3-37,42H2,1-2H3. The predicted molar refractivity (Wildman–Crippen MR) is 297 cm³/mol. The van der Waals surface area contributed by atoms with Crippen molar-refractivity contribution in [2.75, 3.05) is 7.11 Å². The average Bonchev–Trinajstić information content (AvgIpc) is 3.43. The average molecular weight is 1160 g/mol. The molecule has 3 aliphatic heterocycles. The van der Waals surface area contributed by atoms with Gasteiger partial charge in [-0.05, 0) is 108 Å². The minimum atomic E-state index is -4.47. The Morgan fingerprint density at radius 1 is 0.444 bits per heavy atom. The summed E-state index contributed by atoms with van der Waals surface area (Å²) < 4.78 is 92.9. The molecule has 0 amide bonds. The van der Waals surface area contributed by atoms with E-state index in [1.807, 2.05) is 7.11 Å². The van der Waals surface area contributed by atoms with Crippen molar-refractivity contribution in [3.63, 3.8) is 0 Å². The summed E-state index contributed by atoms with van der Waals surface area (Å²) in [6, 6.07) is 8.50. The van der Waals surface area contributed by atoms with Crippen LogP contribution in [0.5, 0.6) is 0 Å². The fraction of sp³-hybridized carbons (Fsp3) is 0.882. The zero-order chi connectivity index (χ0) is 49.3. The summed E-state index contributed by atoms with van der Waals surface area (Å²) >= 11 is 6.63. The molecule has 3 saturated heterocycles. The fourth-order valence-electron chi connectivity index (χ4n) is 15.4. The van der Waals surface area contributed by atoms with Crippen LogP contribution < -0.4 is 5.19 Å². The van der Waals surface area contributed by atoms with Gasteiger partial charge in [0, 0.05) is 51.4 Å². The molecule has 10 fully saturated rings. The normalized spacial score (nSPS) is 40.9. The fourth-order valence-corrected chi connectivity index (χ4v) is 64.3. The summed E-state index contributed by atoms with van der Waals surface area (Å²) in [5, 5.41) is 0.817. The van der Waals surface area contributed by atoms with Crippen LogP contribution in [-0.4, -0.2) is 82.6 Å². The summed E-state index contributed by atoms with van der Waals surface area (Å²) in [6.07, 6.45) is 36.7. The smallest absolute Gasteiger partial charge is 0.413 e. The van der Waals surface area contributed by atoms with E-state index in [2.05, 4.69) is 30.8 Å². The van der Waals surface area contributed by atoms with E-state index in [1.54, 1.807) is 0 Å². The molecule has 3 heterocycles. The lowest BCUT2D eigenvalue weighted by molar-refractivity contribution is -0.00190. The molecule has 72 heavy (non-hydrogen) atoms. The highest BCUT2D eigenvalue weighted by molar-refractivity contribution is 7.03. The lowest BCUT2D eigenvalue weighted by Crippen LogP contribution is -2.86. The molecule has 0 aromatic heterocycles. The summed E-state index contributed by atoms with van der Waals surface area (Å²) in [4.78, 5) is 13.1. The number of fused-ring (bicyclic) bond motifs is 3. The highest BCUT2D eigenvalue weighted by Crippen LogP contribution is 2.61. The maximum Gasteiger partial charge on any atom is 0.515 e. The Hall–Kier alpha value is 0.765. The van der Waals surface area contributed by atoms with Gasteiger partial charge in [0.25, 0.3) is 0 Å². The van der Waals surface area contributed by atoms with Gasteiger partial charge >= 0.3 is 70.7 Å². The Morgan fingerprint density at radius 3 is 1.24 bits per heavy atom. The lowest BCUT2D eigenvalue weighted by atomic mass is 10.0. The molecule has 1 aromatic rings. The number of rotatable bonds is 12. The van der Waals surface area contributed by atoms with Gasteiger partial charge in [-0.2, -0.15) is 0 Å². The molecule has 12 nitrogen and oxygen atoms in total. The SMILES string of the molecule is CO[Si]1(C2CCCCC2)O[Si]2(c3ccc(CCl)cc3)O[Si](O[SiH](O)C3CCCCC3)(C3CCCCC3)O[Si]3(C4CCCCC4)O[Si](C)(C4CCCCC4)O[Si](C4CCCCC4)(O1)O[Si](C1CCCCC1)(O2)O3. The zero-order valence-electron chi connectivity index (χ0n) is 44.2. The number of hydrogen-bond donors (Lipinski definition) is 1. The van der Waals surface area contributed by atoms with Crippen LogP contribution in [0.3, 0.4) is 0 Å². The largest absolute Gasteiger partial charge is 0.515 e. The maximum absolute atomic E-state index is 13.1. The molecule has 4 bridgehead atoms. The van der Waals surface area contributed by atoms with Crippen molar-refractivity contribution in [1.82, 2.24) is 0 Å². The highest BCUT2D eigenvalue weighted by Gasteiger charge is 2.82. The Bertz CT molecular complexity index is 1910. The first-order valence-electron chi connectivity index (χ1n) is 30.0. The van der Waals surface area contributed by atoms with Crippen LogP contribution in [0, 0.1) is 0 Å². The molecule has 11 rings (SSSR count). The first-order chi connectivity index (χ1) is 35.1. The van der Waals surface area contributed by atoms with E-state index in [0.29, 0.717) is 5.88 Å². The molecule has 0 spiro atoms. The van der Waals surface area contributed by atoms with Crippen molar-refractivity contribution in [2.45, 2.75) is 276 Å². The number of hydrogen-bond acceptors (Lipinski definition) is 12. The van der Waals surface area contributed by atoms with Crippen LogP contribution in [0.4, 0.5) is 0 Å². The van der Waals surface area contributed by atoms with E-state index in [-0.39, 0.29) is 38.8 Å². The minimum Gasteiger partial charge on any atom is -0.413 e. The molecule has 406 valence electrons. The Labute approximate surface area is 447 Å². The molecule has 7 saturated carbocycles. The molecule has 0 radical (unpaired) electrons. The third kappa shape index (κ3) is 11.0. The first kappa shape index (κ1) is 54.7. The molecule has 8 atom stereocenters. The van der Waals surface area contributed by atoms with Crippen molar-refractivity contribution in [2.24, 2.45) is 0 Å². The van der Waals surface area contributed by atoms with E-state index in [0.717, 1.165) is 203 Å². The molecule has 7 aliphatic carbocycles. The van der Waals surface area contributed by atoms with E-state index in [1.165, 1.54) is 32.1 Å². The highest BCUT2D eigenvalue weighted by atomic mass is 35.5. The van der Waals surface area contributed by atoms with Gasteiger partial charge in [0.2, 0.25) is 0 Å². The second-order valence-corrected chi connectivity index (χ2v) is 49.8. The quantitative estimate of drug-likeness (QED) is 0.158. The summed E-state index contributed by atoms with van der Waals surface area (Å²) in [6.45, 7) is 2.39. The van der Waals surface area contributed by atoms with Crippen LogP contribution in [0.1, 0.15) is 230 Å². The van der Waals surface area contributed by atoms with Gasteiger partial charge in [-0.25, -0.2) is 0 Å². The van der Waals surface area contributed by atoms with Crippen LogP contribution in [0.2, 0.25) is 45.3 Å². The van der Waals surface area contributed by atoms with E-state index in [9.17, 15) is 4.80 Å². The van der Waals surface area contributed by atoms with Gasteiger partial charge in [0.1, 0.15) is 0 Å². The van der Waals surface area contributed by atoms with Gasteiger partial charge < -0.3 is 50.4 Å². The second kappa shape index (κ2) is 23.5. The molecule has 8 unspecified atom stereocenters. The van der Waals surface area contributed by atoms with Crippen molar-refractivity contribution < 1.29 is 50.4 Å². The summed E-state index contributed by atoms with van der Waals surface area (Å²) in [7, 11) is -29.6. The number of benzene rings is 1.